The summed E-state index contributed by atoms with van der Waals surface area (Å²) in [6.45, 7) is 1.00. The molecule has 8 heteroatoms. The van der Waals surface area contributed by atoms with E-state index in [1.807, 2.05) is 0 Å². The summed E-state index contributed by atoms with van der Waals surface area (Å²) in [4.78, 5) is 13.7. The van der Waals surface area contributed by atoms with Gasteiger partial charge in [-0.05, 0) is 49.4 Å². The van der Waals surface area contributed by atoms with Crippen molar-refractivity contribution in [3.8, 4) is 0 Å². The highest BCUT2D eigenvalue weighted by molar-refractivity contribution is 7.89. The summed E-state index contributed by atoms with van der Waals surface area (Å²) in [6.07, 6.45) is 6.96. The molecule has 0 aromatic heterocycles. The van der Waals surface area contributed by atoms with Crippen LogP contribution >= 0.6 is 12.4 Å². The Morgan fingerprint density at radius 1 is 1.12 bits per heavy atom. The number of carbonyl (C=O) groups excluding carboxylic acids is 1. The molecule has 1 unspecified atom stereocenters. The first-order chi connectivity index (χ1) is 12.0. The first-order valence-electron chi connectivity index (χ1n) is 9.14. The van der Waals surface area contributed by atoms with Crippen LogP contribution in [-0.2, 0) is 14.8 Å². The number of halogens is 1. The highest BCUT2D eigenvalue weighted by Gasteiger charge is 2.28. The van der Waals surface area contributed by atoms with Crippen molar-refractivity contribution in [2.75, 3.05) is 18.0 Å². The number of anilines is 1. The van der Waals surface area contributed by atoms with E-state index >= 15 is 0 Å². The molecular weight excluding hydrogens is 374 g/mol. The average molecular weight is 402 g/mol. The number of amides is 1. The minimum absolute atomic E-state index is 0. The summed E-state index contributed by atoms with van der Waals surface area (Å²) in [5.74, 6) is 0.407. The Labute approximate surface area is 162 Å². The third kappa shape index (κ3) is 4.76. The van der Waals surface area contributed by atoms with Crippen molar-refractivity contribution in [1.29, 1.82) is 0 Å². The number of sulfonamides is 1. The SMILES string of the molecule is Cl.NCC(NS(=O)(=O)c1ccc(N2CCCC2=O)cc1)C1CCCCC1. The lowest BCUT2D eigenvalue weighted by molar-refractivity contribution is -0.117. The Morgan fingerprint density at radius 3 is 2.31 bits per heavy atom. The van der Waals surface area contributed by atoms with E-state index in [1.165, 1.54) is 6.42 Å². The van der Waals surface area contributed by atoms with Crippen LogP contribution in [-0.4, -0.2) is 33.5 Å². The fourth-order valence-electron chi connectivity index (χ4n) is 3.87. The van der Waals surface area contributed by atoms with Gasteiger partial charge in [0.25, 0.3) is 0 Å². The second-order valence-corrected chi connectivity index (χ2v) is 8.72. The molecule has 1 heterocycles. The molecule has 0 bridgehead atoms. The van der Waals surface area contributed by atoms with Crippen molar-refractivity contribution in [3.05, 3.63) is 24.3 Å². The summed E-state index contributed by atoms with van der Waals surface area (Å²) in [7, 11) is -3.61. The number of nitrogens with two attached hydrogens (primary N) is 1. The summed E-state index contributed by atoms with van der Waals surface area (Å²) < 4.78 is 28.2. The second kappa shape index (κ2) is 9.17. The van der Waals surface area contributed by atoms with Crippen LogP contribution in [0.1, 0.15) is 44.9 Å². The molecule has 26 heavy (non-hydrogen) atoms. The van der Waals surface area contributed by atoms with Crippen molar-refractivity contribution in [1.82, 2.24) is 4.72 Å². The van der Waals surface area contributed by atoms with Crippen molar-refractivity contribution in [2.24, 2.45) is 11.7 Å². The van der Waals surface area contributed by atoms with E-state index in [0.717, 1.165) is 37.8 Å². The molecule has 1 saturated carbocycles. The molecule has 1 aliphatic heterocycles. The average Bonchev–Trinajstić information content (AvgIpc) is 3.06. The van der Waals surface area contributed by atoms with Crippen LogP contribution in [0.15, 0.2) is 29.2 Å². The molecule has 2 aliphatic rings. The van der Waals surface area contributed by atoms with E-state index in [4.69, 9.17) is 5.73 Å². The first kappa shape index (κ1) is 21.2. The molecule has 1 saturated heterocycles. The molecule has 2 fully saturated rings. The van der Waals surface area contributed by atoms with E-state index in [1.54, 1.807) is 29.2 Å². The zero-order chi connectivity index (χ0) is 17.9. The lowest BCUT2D eigenvalue weighted by Gasteiger charge is -2.29. The number of hydrogen-bond acceptors (Lipinski definition) is 4. The molecule has 0 spiro atoms. The molecule has 6 nitrogen and oxygen atoms in total. The fraction of sp³-hybridized carbons (Fsp3) is 0.611. The maximum absolute atomic E-state index is 12.7. The quantitative estimate of drug-likeness (QED) is 0.765. The van der Waals surface area contributed by atoms with Crippen LogP contribution in [0.4, 0.5) is 5.69 Å². The van der Waals surface area contributed by atoms with Gasteiger partial charge in [-0.1, -0.05) is 19.3 Å². The van der Waals surface area contributed by atoms with E-state index in [0.29, 0.717) is 25.4 Å². The standard InChI is InChI=1S/C18H27N3O3S.ClH/c19-13-17(14-5-2-1-3-6-14)20-25(23,24)16-10-8-15(9-11-16)21-12-4-7-18(21)22;/h8-11,14,17,20H,1-7,12-13,19H2;1H. The van der Waals surface area contributed by atoms with Gasteiger partial charge in [0.15, 0.2) is 0 Å². The smallest absolute Gasteiger partial charge is 0.240 e. The van der Waals surface area contributed by atoms with Gasteiger partial charge >= 0.3 is 0 Å². The Balaban J connectivity index is 0.00000243. The third-order valence-corrected chi connectivity index (χ3v) is 6.82. The van der Waals surface area contributed by atoms with E-state index in [9.17, 15) is 13.2 Å². The normalized spacial score (nSPS) is 20.0. The monoisotopic (exact) mass is 401 g/mol. The topological polar surface area (TPSA) is 92.5 Å². The highest BCUT2D eigenvalue weighted by atomic mass is 35.5. The van der Waals surface area contributed by atoms with E-state index in [-0.39, 0.29) is 29.3 Å². The summed E-state index contributed by atoms with van der Waals surface area (Å²) in [6, 6.07) is 6.33. The van der Waals surface area contributed by atoms with Crippen LogP contribution in [0.2, 0.25) is 0 Å². The maximum Gasteiger partial charge on any atom is 0.240 e. The predicted octanol–water partition coefficient (Wildman–Crippen LogP) is 2.42. The van der Waals surface area contributed by atoms with Crippen LogP contribution in [0, 0.1) is 5.92 Å². The Kier molecular flexibility index (Phi) is 7.46. The Morgan fingerprint density at radius 2 is 1.77 bits per heavy atom. The van der Waals surface area contributed by atoms with Gasteiger partial charge in [-0.2, -0.15) is 0 Å². The molecule has 1 aliphatic carbocycles. The second-order valence-electron chi connectivity index (χ2n) is 7.00. The minimum Gasteiger partial charge on any atom is -0.329 e. The van der Waals surface area contributed by atoms with Gasteiger partial charge in [-0.15, -0.1) is 12.4 Å². The summed E-state index contributed by atoms with van der Waals surface area (Å²) in [5, 5.41) is 0. The van der Waals surface area contributed by atoms with Gasteiger partial charge < -0.3 is 10.6 Å². The molecule has 1 aromatic carbocycles. The van der Waals surface area contributed by atoms with Gasteiger partial charge in [0.05, 0.1) is 4.90 Å². The predicted molar refractivity (Wildman–Crippen MR) is 105 cm³/mol. The minimum atomic E-state index is -3.61. The molecule has 146 valence electrons. The third-order valence-electron chi connectivity index (χ3n) is 5.31. The molecule has 1 aromatic rings. The lowest BCUT2D eigenvalue weighted by Crippen LogP contribution is -2.45. The number of hydrogen-bond donors (Lipinski definition) is 2. The number of carbonyl (C=O) groups is 1. The van der Waals surface area contributed by atoms with Gasteiger partial charge in [0.1, 0.15) is 0 Å². The molecule has 3 N–H and O–H groups in total. The van der Waals surface area contributed by atoms with Gasteiger partial charge in [0.2, 0.25) is 15.9 Å². The largest absolute Gasteiger partial charge is 0.329 e. The number of nitrogens with zero attached hydrogens (tertiary/aromatic N) is 1. The molecule has 3 rings (SSSR count). The number of rotatable bonds is 6. The van der Waals surface area contributed by atoms with E-state index in [2.05, 4.69) is 4.72 Å². The van der Waals surface area contributed by atoms with Gasteiger partial charge in [-0.25, -0.2) is 13.1 Å². The fourth-order valence-corrected chi connectivity index (χ4v) is 5.18. The number of benzene rings is 1. The lowest BCUT2D eigenvalue weighted by atomic mass is 9.84. The van der Waals surface area contributed by atoms with E-state index < -0.39 is 10.0 Å². The van der Waals surface area contributed by atoms with Crippen LogP contribution in [0.3, 0.4) is 0 Å². The zero-order valence-electron chi connectivity index (χ0n) is 14.9. The van der Waals surface area contributed by atoms with Crippen LogP contribution in [0.5, 0.6) is 0 Å². The van der Waals surface area contributed by atoms with Crippen LogP contribution in [0.25, 0.3) is 0 Å². The van der Waals surface area contributed by atoms with Crippen molar-refractivity contribution >= 4 is 34.0 Å². The van der Waals surface area contributed by atoms with Crippen LogP contribution < -0.4 is 15.4 Å². The molecular formula is C18H28ClN3O3S. The van der Waals surface area contributed by atoms with Gasteiger partial charge in [0, 0.05) is 31.2 Å². The summed E-state index contributed by atoms with van der Waals surface area (Å²) in [5.41, 5.74) is 6.59. The molecule has 1 amide bonds. The Bertz CT molecular complexity index is 703. The van der Waals surface area contributed by atoms with Crippen molar-refractivity contribution in [2.45, 2.75) is 55.9 Å². The molecule has 1 atom stereocenters. The number of nitrogens with one attached hydrogen (secondary N) is 1. The van der Waals surface area contributed by atoms with Crippen molar-refractivity contribution in [3.63, 3.8) is 0 Å². The Hall–Kier alpha value is -1.15. The summed E-state index contributed by atoms with van der Waals surface area (Å²) >= 11 is 0. The van der Waals surface area contributed by atoms with Gasteiger partial charge in [-0.3, -0.25) is 4.79 Å². The maximum atomic E-state index is 12.7. The first-order valence-corrected chi connectivity index (χ1v) is 10.6. The molecule has 0 radical (unpaired) electrons. The highest BCUT2D eigenvalue weighted by Crippen LogP contribution is 2.27. The zero-order valence-corrected chi connectivity index (χ0v) is 16.5. The van der Waals surface area contributed by atoms with Crippen molar-refractivity contribution < 1.29 is 13.2 Å².